The second-order valence-electron chi connectivity index (χ2n) is 4.41. The summed E-state index contributed by atoms with van der Waals surface area (Å²) in [7, 11) is 0. The van der Waals surface area contributed by atoms with E-state index in [1.807, 2.05) is 24.3 Å². The smallest absolute Gasteiger partial charge is 0.333 e. The average Bonchev–Trinajstić information content (AvgIpc) is 2.80. The summed E-state index contributed by atoms with van der Waals surface area (Å²) in [6, 6.07) is 7.39. The van der Waals surface area contributed by atoms with Crippen LogP contribution in [0.3, 0.4) is 0 Å². The number of nitrogens with zero attached hydrogens (tertiary/aromatic N) is 3. The van der Waals surface area contributed by atoms with Gasteiger partial charge in [-0.05, 0) is 26.0 Å². The van der Waals surface area contributed by atoms with Crippen LogP contribution in [0.4, 0.5) is 0 Å². The van der Waals surface area contributed by atoms with E-state index in [9.17, 15) is 4.79 Å². The fourth-order valence-corrected chi connectivity index (χ4v) is 1.68. The van der Waals surface area contributed by atoms with Crippen LogP contribution in [-0.2, 0) is 15.1 Å². The van der Waals surface area contributed by atoms with E-state index in [1.165, 1.54) is 4.68 Å². The second-order valence-corrected chi connectivity index (χ2v) is 4.41. The number of carbonyl (C=O) groups excluding carboxylic acids is 1. The number of benzene rings is 1. The van der Waals surface area contributed by atoms with Crippen LogP contribution in [0, 0.1) is 0 Å². The van der Waals surface area contributed by atoms with Gasteiger partial charge >= 0.3 is 5.97 Å². The summed E-state index contributed by atoms with van der Waals surface area (Å²) in [4.78, 5) is 11.9. The maximum Gasteiger partial charge on any atom is 0.333 e. The van der Waals surface area contributed by atoms with Gasteiger partial charge in [-0.3, -0.25) is 0 Å². The van der Waals surface area contributed by atoms with Gasteiger partial charge in [0, 0.05) is 0 Å². The molecule has 0 spiro atoms. The average molecular weight is 249 g/mol. The van der Waals surface area contributed by atoms with E-state index >= 15 is 0 Å². The van der Waals surface area contributed by atoms with Crippen molar-refractivity contribution in [3.8, 4) is 0 Å². The van der Waals surface area contributed by atoms with Crippen LogP contribution in [-0.4, -0.2) is 39.3 Å². The molecule has 0 aliphatic heterocycles. The number of carbonyl (C=O) groups is 1. The molecule has 1 aromatic heterocycles. The van der Waals surface area contributed by atoms with Crippen molar-refractivity contribution in [2.75, 3.05) is 13.2 Å². The lowest BCUT2D eigenvalue weighted by molar-refractivity contribution is -0.154. The second kappa shape index (κ2) is 4.73. The van der Waals surface area contributed by atoms with Crippen LogP contribution in [0.1, 0.15) is 13.8 Å². The SMILES string of the molecule is CC(C)(C(=O)OCCO)n1nnc2ccccc21. The van der Waals surface area contributed by atoms with Crippen LogP contribution in [0.25, 0.3) is 11.0 Å². The molecule has 6 nitrogen and oxygen atoms in total. The van der Waals surface area contributed by atoms with Crippen LogP contribution in [0.15, 0.2) is 24.3 Å². The van der Waals surface area contributed by atoms with Crippen molar-refractivity contribution in [2.24, 2.45) is 0 Å². The molecule has 96 valence electrons. The van der Waals surface area contributed by atoms with Crippen molar-refractivity contribution >= 4 is 17.0 Å². The zero-order valence-corrected chi connectivity index (χ0v) is 10.3. The molecule has 0 aliphatic rings. The lowest BCUT2D eigenvalue weighted by Gasteiger charge is -2.23. The standard InChI is InChI=1S/C12H15N3O3/c1-12(2,11(17)18-8-7-16)15-10-6-4-3-5-9(10)13-14-15/h3-6,16H,7-8H2,1-2H3. The first-order chi connectivity index (χ1) is 8.57. The number of ether oxygens (including phenoxy) is 1. The van der Waals surface area contributed by atoms with Crippen molar-refractivity contribution in [1.82, 2.24) is 15.0 Å². The molecular formula is C12H15N3O3. The molecule has 0 atom stereocenters. The van der Waals surface area contributed by atoms with E-state index in [2.05, 4.69) is 10.3 Å². The van der Waals surface area contributed by atoms with Gasteiger partial charge in [0.1, 0.15) is 12.1 Å². The van der Waals surface area contributed by atoms with Gasteiger partial charge < -0.3 is 9.84 Å². The molecular weight excluding hydrogens is 234 g/mol. The Bertz CT molecular complexity index is 562. The molecule has 1 heterocycles. The van der Waals surface area contributed by atoms with Gasteiger partial charge in [0.15, 0.2) is 5.54 Å². The predicted molar refractivity (Wildman–Crippen MR) is 64.9 cm³/mol. The van der Waals surface area contributed by atoms with Crippen molar-refractivity contribution in [2.45, 2.75) is 19.4 Å². The zero-order chi connectivity index (χ0) is 13.2. The maximum absolute atomic E-state index is 11.9. The largest absolute Gasteiger partial charge is 0.461 e. The Balaban J connectivity index is 2.37. The van der Waals surface area contributed by atoms with E-state index in [1.54, 1.807) is 13.8 Å². The first-order valence-corrected chi connectivity index (χ1v) is 5.66. The Morgan fingerprint density at radius 2 is 2.17 bits per heavy atom. The lowest BCUT2D eigenvalue weighted by Crippen LogP contribution is -2.38. The summed E-state index contributed by atoms with van der Waals surface area (Å²) in [6.45, 7) is 3.19. The first kappa shape index (κ1) is 12.5. The van der Waals surface area contributed by atoms with Gasteiger partial charge in [0.2, 0.25) is 0 Å². The zero-order valence-electron chi connectivity index (χ0n) is 10.3. The number of esters is 1. The number of aliphatic hydroxyl groups excluding tert-OH is 1. The molecule has 0 amide bonds. The van der Waals surface area contributed by atoms with E-state index in [0.717, 1.165) is 11.0 Å². The van der Waals surface area contributed by atoms with Gasteiger partial charge in [0.05, 0.1) is 12.1 Å². The van der Waals surface area contributed by atoms with E-state index in [0.29, 0.717) is 0 Å². The minimum atomic E-state index is -0.967. The predicted octanol–water partition coefficient (Wildman–Crippen LogP) is 0.702. The highest BCUT2D eigenvalue weighted by molar-refractivity contribution is 5.82. The number of fused-ring (bicyclic) bond motifs is 1. The Hall–Kier alpha value is -1.95. The molecule has 0 bridgehead atoms. The number of aromatic nitrogens is 3. The Morgan fingerprint density at radius 3 is 2.89 bits per heavy atom. The van der Waals surface area contributed by atoms with Crippen molar-refractivity contribution < 1.29 is 14.6 Å². The Kier molecular flexibility index (Phi) is 3.29. The third kappa shape index (κ3) is 2.06. The molecule has 1 aromatic carbocycles. The van der Waals surface area contributed by atoms with Crippen LogP contribution in [0.2, 0.25) is 0 Å². The first-order valence-electron chi connectivity index (χ1n) is 5.66. The number of para-hydroxylation sites is 1. The number of hydrogen-bond donors (Lipinski definition) is 1. The summed E-state index contributed by atoms with van der Waals surface area (Å²) in [6.07, 6.45) is 0. The molecule has 0 saturated heterocycles. The van der Waals surface area contributed by atoms with E-state index in [4.69, 9.17) is 9.84 Å². The minimum Gasteiger partial charge on any atom is -0.461 e. The summed E-state index contributed by atoms with van der Waals surface area (Å²) in [5.74, 6) is -0.452. The van der Waals surface area contributed by atoms with Crippen LogP contribution in [0.5, 0.6) is 0 Å². The molecule has 0 saturated carbocycles. The van der Waals surface area contributed by atoms with Crippen LogP contribution < -0.4 is 0 Å². The highest BCUT2D eigenvalue weighted by Gasteiger charge is 2.34. The fourth-order valence-electron chi connectivity index (χ4n) is 1.68. The molecule has 0 radical (unpaired) electrons. The van der Waals surface area contributed by atoms with Gasteiger partial charge in [-0.25, -0.2) is 9.48 Å². The molecule has 1 N–H and O–H groups in total. The van der Waals surface area contributed by atoms with Gasteiger partial charge in [-0.1, -0.05) is 17.3 Å². The molecule has 2 rings (SSSR count). The lowest BCUT2D eigenvalue weighted by atomic mass is 10.1. The molecule has 0 aliphatic carbocycles. The van der Waals surface area contributed by atoms with E-state index in [-0.39, 0.29) is 13.2 Å². The number of aliphatic hydroxyl groups is 1. The fraction of sp³-hybridized carbons (Fsp3) is 0.417. The highest BCUT2D eigenvalue weighted by atomic mass is 16.5. The number of rotatable bonds is 4. The molecule has 0 fully saturated rings. The topological polar surface area (TPSA) is 77.2 Å². The number of hydrogen-bond acceptors (Lipinski definition) is 5. The monoisotopic (exact) mass is 249 g/mol. The van der Waals surface area contributed by atoms with Crippen molar-refractivity contribution in [3.05, 3.63) is 24.3 Å². The van der Waals surface area contributed by atoms with Crippen molar-refractivity contribution in [1.29, 1.82) is 0 Å². The van der Waals surface area contributed by atoms with Crippen LogP contribution >= 0.6 is 0 Å². The summed E-state index contributed by atoms with van der Waals surface area (Å²) < 4.78 is 6.48. The maximum atomic E-state index is 11.9. The Labute approximate surface area is 104 Å². The molecule has 0 unspecified atom stereocenters. The molecule has 18 heavy (non-hydrogen) atoms. The van der Waals surface area contributed by atoms with Gasteiger partial charge in [-0.2, -0.15) is 0 Å². The van der Waals surface area contributed by atoms with Crippen molar-refractivity contribution in [3.63, 3.8) is 0 Å². The quantitative estimate of drug-likeness (QED) is 0.807. The highest BCUT2D eigenvalue weighted by Crippen LogP contribution is 2.21. The van der Waals surface area contributed by atoms with Gasteiger partial charge in [-0.15, -0.1) is 5.10 Å². The third-order valence-corrected chi connectivity index (χ3v) is 2.71. The Morgan fingerprint density at radius 1 is 1.44 bits per heavy atom. The minimum absolute atomic E-state index is 0.0190. The van der Waals surface area contributed by atoms with E-state index < -0.39 is 11.5 Å². The van der Waals surface area contributed by atoms with Gasteiger partial charge in [0.25, 0.3) is 0 Å². The summed E-state index contributed by atoms with van der Waals surface area (Å²) in [5.41, 5.74) is 0.523. The molecule has 2 aromatic rings. The molecule has 6 heteroatoms. The third-order valence-electron chi connectivity index (χ3n) is 2.71. The summed E-state index contributed by atoms with van der Waals surface area (Å²) in [5, 5.41) is 16.7. The normalized spacial score (nSPS) is 11.7. The summed E-state index contributed by atoms with van der Waals surface area (Å²) >= 11 is 0.